The Morgan fingerprint density at radius 3 is 2.76 bits per heavy atom. The summed E-state index contributed by atoms with van der Waals surface area (Å²) in [5.41, 5.74) is 1.22. The maximum Gasteiger partial charge on any atom is 0.227 e. The van der Waals surface area contributed by atoms with Crippen molar-refractivity contribution in [1.82, 2.24) is 30.0 Å². The van der Waals surface area contributed by atoms with Crippen molar-refractivity contribution in [3.05, 3.63) is 42.2 Å². The highest BCUT2D eigenvalue weighted by Gasteiger charge is 2.40. The molecular weight excluding hydrogens is 316 g/mol. The smallest absolute Gasteiger partial charge is 0.227 e. The number of hydrogen-bond donors (Lipinski definition) is 0. The molecule has 0 unspecified atom stereocenters. The molecule has 1 amide bonds. The number of carbonyl (C=O) groups is 1. The third-order valence-electron chi connectivity index (χ3n) is 5.32. The molecule has 0 aliphatic carbocycles. The van der Waals surface area contributed by atoms with Gasteiger partial charge in [0.2, 0.25) is 5.91 Å². The number of nitrogens with zero attached hydrogens (tertiary/aromatic N) is 6. The van der Waals surface area contributed by atoms with Crippen LogP contribution in [0.25, 0.3) is 0 Å². The second-order valence-corrected chi connectivity index (χ2v) is 7.07. The molecule has 0 radical (unpaired) electrons. The molecule has 1 aromatic carbocycles. The molecule has 7 nitrogen and oxygen atoms in total. The summed E-state index contributed by atoms with van der Waals surface area (Å²) < 4.78 is 1.76. The number of amides is 1. The summed E-state index contributed by atoms with van der Waals surface area (Å²) in [4.78, 5) is 17.5. The van der Waals surface area contributed by atoms with E-state index in [2.05, 4.69) is 37.5 Å². The second kappa shape index (κ2) is 7.31. The topological polar surface area (TPSA) is 67.2 Å². The zero-order chi connectivity index (χ0) is 17.1. The predicted octanol–water partition coefficient (Wildman–Crippen LogP) is 1.19. The van der Waals surface area contributed by atoms with Crippen molar-refractivity contribution >= 4 is 5.91 Å². The minimum atomic E-state index is 0.149. The minimum Gasteiger partial charge on any atom is -0.334 e. The highest BCUT2D eigenvalue weighted by Crippen LogP contribution is 2.30. The zero-order valence-electron chi connectivity index (χ0n) is 14.4. The highest BCUT2D eigenvalue weighted by atomic mass is 16.2. The lowest BCUT2D eigenvalue weighted by Crippen LogP contribution is -2.47. The van der Waals surface area contributed by atoms with Crippen LogP contribution in [0.5, 0.6) is 0 Å². The summed E-state index contributed by atoms with van der Waals surface area (Å²) in [7, 11) is 0. The van der Waals surface area contributed by atoms with Crippen molar-refractivity contribution in [1.29, 1.82) is 0 Å². The Labute approximate surface area is 147 Å². The van der Waals surface area contributed by atoms with E-state index in [0.717, 1.165) is 52.0 Å². The van der Waals surface area contributed by atoms with E-state index in [4.69, 9.17) is 0 Å². The lowest BCUT2D eigenvalue weighted by molar-refractivity contribution is -0.140. The first kappa shape index (κ1) is 16.2. The van der Waals surface area contributed by atoms with Gasteiger partial charge >= 0.3 is 0 Å². The normalized spacial score (nSPS) is 23.8. The molecule has 3 saturated heterocycles. The van der Waals surface area contributed by atoms with Crippen molar-refractivity contribution < 1.29 is 4.79 Å². The molecule has 0 saturated carbocycles. The molecule has 5 rings (SSSR count). The van der Waals surface area contributed by atoms with Gasteiger partial charge < -0.3 is 9.80 Å². The molecule has 1 aromatic heterocycles. The quantitative estimate of drug-likeness (QED) is 0.790. The summed E-state index contributed by atoms with van der Waals surface area (Å²) >= 11 is 0. The number of hydrogen-bond acceptors (Lipinski definition) is 5. The van der Waals surface area contributed by atoms with E-state index in [1.54, 1.807) is 11.0 Å². The molecule has 0 N–H and O–H groups in total. The monoisotopic (exact) mass is 340 g/mol. The number of aryl methyl sites for hydroxylation is 1. The fraction of sp³-hybridized carbons (Fsp3) is 0.556. The van der Waals surface area contributed by atoms with Crippen molar-refractivity contribution in [3.8, 4) is 0 Å². The molecule has 2 aromatic rings. The van der Waals surface area contributed by atoms with E-state index in [1.165, 1.54) is 5.56 Å². The number of tetrazole rings is 1. The van der Waals surface area contributed by atoms with Crippen LogP contribution >= 0.6 is 0 Å². The van der Waals surface area contributed by atoms with Crippen LogP contribution in [0, 0.1) is 5.92 Å². The molecule has 3 fully saturated rings. The van der Waals surface area contributed by atoms with Crippen molar-refractivity contribution in [2.75, 3.05) is 19.6 Å². The molecule has 2 bridgehead atoms. The van der Waals surface area contributed by atoms with E-state index < -0.39 is 0 Å². The van der Waals surface area contributed by atoms with Crippen LogP contribution in [-0.2, 0) is 17.9 Å². The Morgan fingerprint density at radius 1 is 1.08 bits per heavy atom. The Balaban J connectivity index is 1.38. The largest absolute Gasteiger partial charge is 0.334 e. The Hall–Kier alpha value is -2.28. The van der Waals surface area contributed by atoms with Gasteiger partial charge in [-0.25, -0.2) is 4.68 Å². The number of aromatic nitrogens is 4. The summed E-state index contributed by atoms with van der Waals surface area (Å²) in [5.74, 6) is 0.485. The van der Waals surface area contributed by atoms with Crippen LogP contribution in [0.1, 0.15) is 24.8 Å². The fourth-order valence-corrected chi connectivity index (χ4v) is 4.04. The van der Waals surface area contributed by atoms with Crippen LogP contribution in [0.2, 0.25) is 0 Å². The standard InChI is InChI=1S/C18H24N6O/c25-18-16-7-8-17(24(18)11-15-5-2-1-3-6-15)13-22(12-16)9-4-10-23-14-19-20-21-23/h1-3,5-6,14,16-17H,4,7-13H2/t16-,17+/m0/s1. The van der Waals surface area contributed by atoms with Crippen molar-refractivity contribution in [2.24, 2.45) is 5.92 Å². The van der Waals surface area contributed by atoms with E-state index in [-0.39, 0.29) is 5.92 Å². The first-order valence-corrected chi connectivity index (χ1v) is 9.07. The average Bonchev–Trinajstić information content (AvgIpc) is 3.01. The molecule has 3 aliphatic heterocycles. The fourth-order valence-electron chi connectivity index (χ4n) is 4.04. The molecular formula is C18H24N6O. The zero-order valence-corrected chi connectivity index (χ0v) is 14.4. The third-order valence-corrected chi connectivity index (χ3v) is 5.32. The molecule has 3 aliphatic rings. The summed E-state index contributed by atoms with van der Waals surface area (Å²) in [6.45, 7) is 4.40. The molecule has 4 heterocycles. The molecule has 132 valence electrons. The van der Waals surface area contributed by atoms with E-state index >= 15 is 0 Å². The third kappa shape index (κ3) is 3.71. The van der Waals surface area contributed by atoms with Crippen LogP contribution < -0.4 is 0 Å². The van der Waals surface area contributed by atoms with Gasteiger partial charge in [-0.2, -0.15) is 0 Å². The van der Waals surface area contributed by atoms with Gasteiger partial charge in [0.1, 0.15) is 6.33 Å². The minimum absolute atomic E-state index is 0.149. The Morgan fingerprint density at radius 2 is 1.96 bits per heavy atom. The second-order valence-electron chi connectivity index (χ2n) is 7.07. The lowest BCUT2D eigenvalue weighted by Gasteiger charge is -2.36. The molecule has 0 spiro atoms. The molecule has 25 heavy (non-hydrogen) atoms. The van der Waals surface area contributed by atoms with Gasteiger partial charge in [0.15, 0.2) is 0 Å². The predicted molar refractivity (Wildman–Crippen MR) is 92.4 cm³/mol. The number of rotatable bonds is 6. The first-order valence-electron chi connectivity index (χ1n) is 9.07. The van der Waals surface area contributed by atoms with Gasteiger partial charge in [-0.05, 0) is 35.3 Å². The van der Waals surface area contributed by atoms with Crippen LogP contribution in [0.3, 0.4) is 0 Å². The van der Waals surface area contributed by atoms with Gasteiger partial charge in [-0.3, -0.25) is 4.79 Å². The highest BCUT2D eigenvalue weighted by molar-refractivity contribution is 5.80. The lowest BCUT2D eigenvalue weighted by atomic mass is 9.93. The number of piperidine rings is 1. The van der Waals surface area contributed by atoms with Gasteiger partial charge in [0.05, 0.1) is 5.92 Å². The Kier molecular flexibility index (Phi) is 4.74. The van der Waals surface area contributed by atoms with E-state index in [0.29, 0.717) is 11.9 Å². The Bertz CT molecular complexity index is 689. The van der Waals surface area contributed by atoms with Gasteiger partial charge in [0, 0.05) is 38.8 Å². The maximum atomic E-state index is 12.9. The van der Waals surface area contributed by atoms with Gasteiger partial charge in [-0.15, -0.1) is 5.10 Å². The van der Waals surface area contributed by atoms with Gasteiger partial charge in [-0.1, -0.05) is 30.3 Å². The molecule has 7 heteroatoms. The summed E-state index contributed by atoms with van der Waals surface area (Å²) in [6.07, 6.45) is 4.79. The van der Waals surface area contributed by atoms with Crippen molar-refractivity contribution in [2.45, 2.75) is 38.4 Å². The summed E-state index contributed by atoms with van der Waals surface area (Å²) in [6, 6.07) is 10.7. The van der Waals surface area contributed by atoms with Crippen LogP contribution in [0.15, 0.2) is 36.7 Å². The van der Waals surface area contributed by atoms with Crippen LogP contribution in [0.4, 0.5) is 0 Å². The number of benzene rings is 1. The van der Waals surface area contributed by atoms with Gasteiger partial charge in [0.25, 0.3) is 0 Å². The first-order chi connectivity index (χ1) is 12.3. The molecule has 2 atom stereocenters. The van der Waals surface area contributed by atoms with Crippen LogP contribution in [-0.4, -0.2) is 61.6 Å². The average molecular weight is 340 g/mol. The summed E-state index contributed by atoms with van der Waals surface area (Å²) in [5, 5.41) is 11.2. The van der Waals surface area contributed by atoms with Crippen molar-refractivity contribution in [3.63, 3.8) is 0 Å². The number of fused-ring (bicyclic) bond motifs is 4. The van der Waals surface area contributed by atoms with E-state index in [9.17, 15) is 4.79 Å². The van der Waals surface area contributed by atoms with E-state index in [1.807, 2.05) is 18.2 Å². The maximum absolute atomic E-state index is 12.9. The number of carbonyl (C=O) groups excluding carboxylic acids is 1. The SMILES string of the molecule is O=C1[C@H]2CC[C@H](CN(CCCn3cnnn3)C2)N1Cc1ccccc1.